The topological polar surface area (TPSA) is 118 Å². The highest BCUT2D eigenvalue weighted by Crippen LogP contribution is 2.29. The van der Waals surface area contributed by atoms with Gasteiger partial charge in [0.05, 0.1) is 12.0 Å². The molecule has 0 saturated carbocycles. The number of aromatic nitrogens is 2. The van der Waals surface area contributed by atoms with Crippen LogP contribution in [-0.2, 0) is 4.74 Å². The van der Waals surface area contributed by atoms with Gasteiger partial charge in [-0.3, -0.25) is 4.57 Å². The second kappa shape index (κ2) is 7.37. The highest BCUT2D eigenvalue weighted by Gasteiger charge is 2.43. The van der Waals surface area contributed by atoms with E-state index in [4.69, 9.17) is 14.3 Å². The van der Waals surface area contributed by atoms with E-state index in [1.54, 1.807) is 6.07 Å². The van der Waals surface area contributed by atoms with Gasteiger partial charge in [-0.1, -0.05) is 19.3 Å². The molecule has 0 unspecified atom stereocenters. The summed E-state index contributed by atoms with van der Waals surface area (Å²) in [6.45, 7) is 1.61. The Labute approximate surface area is 143 Å². The normalized spacial score (nSPS) is 25.9. The van der Waals surface area contributed by atoms with Crippen LogP contribution in [0.25, 0.3) is 11.1 Å². The number of hydrogen-bond acceptors (Lipinski definition) is 7. The fourth-order valence-electron chi connectivity index (χ4n) is 2.69. The van der Waals surface area contributed by atoms with Crippen LogP contribution in [0.1, 0.15) is 38.2 Å². The zero-order valence-corrected chi connectivity index (χ0v) is 13.8. The number of ether oxygens (including phenoxy) is 1. The van der Waals surface area contributed by atoms with Crippen molar-refractivity contribution < 1.29 is 24.5 Å². The van der Waals surface area contributed by atoms with E-state index in [1.165, 1.54) is 6.20 Å². The monoisotopic (exact) mass is 348 g/mol. The molecule has 2 aromatic heterocycles. The third-order valence-electron chi connectivity index (χ3n) is 4.09. The molecule has 134 valence electrons. The van der Waals surface area contributed by atoms with Gasteiger partial charge in [-0.25, -0.2) is 4.79 Å². The zero-order valence-electron chi connectivity index (χ0n) is 13.8. The molecule has 1 saturated heterocycles. The van der Waals surface area contributed by atoms with Gasteiger partial charge in [0.1, 0.15) is 18.3 Å². The molecule has 0 spiro atoms. The fraction of sp³-hybridized carbons (Fsp3) is 0.529. The molecule has 3 heterocycles. The Morgan fingerprint density at radius 2 is 2.16 bits per heavy atom. The Bertz CT molecular complexity index is 861. The molecular weight excluding hydrogens is 328 g/mol. The molecule has 1 aliphatic heterocycles. The second-order valence-electron chi connectivity index (χ2n) is 5.94. The van der Waals surface area contributed by atoms with Crippen LogP contribution in [0.4, 0.5) is 0 Å². The van der Waals surface area contributed by atoms with Crippen LogP contribution in [0.5, 0.6) is 0 Å². The third kappa shape index (κ3) is 3.45. The molecule has 8 nitrogen and oxygen atoms in total. The number of rotatable bonds is 4. The van der Waals surface area contributed by atoms with Crippen molar-refractivity contribution in [2.45, 2.75) is 50.7 Å². The van der Waals surface area contributed by atoms with E-state index < -0.39 is 36.8 Å². The molecule has 1 aliphatic rings. The van der Waals surface area contributed by atoms with Crippen molar-refractivity contribution in [1.29, 1.82) is 0 Å². The molecule has 3 rings (SSSR count). The van der Waals surface area contributed by atoms with E-state index in [-0.39, 0.29) is 5.71 Å². The van der Waals surface area contributed by atoms with Crippen molar-refractivity contribution in [3.8, 4) is 11.8 Å². The molecule has 2 aromatic rings. The molecule has 3 N–H and O–H groups in total. The largest absolute Gasteiger partial charge is 0.429 e. The van der Waals surface area contributed by atoms with Crippen LogP contribution in [0.15, 0.2) is 21.5 Å². The molecule has 0 radical (unpaired) electrons. The van der Waals surface area contributed by atoms with Crippen LogP contribution in [-0.4, -0.2) is 49.8 Å². The first-order chi connectivity index (χ1) is 12.0. The van der Waals surface area contributed by atoms with E-state index in [9.17, 15) is 15.0 Å². The van der Waals surface area contributed by atoms with Gasteiger partial charge in [-0.2, -0.15) is 4.98 Å². The summed E-state index contributed by atoms with van der Waals surface area (Å²) >= 11 is 0. The summed E-state index contributed by atoms with van der Waals surface area (Å²) in [4.78, 5) is 16.0. The number of aliphatic hydroxyl groups excluding tert-OH is 3. The first-order valence-electron chi connectivity index (χ1n) is 8.19. The minimum atomic E-state index is -1.35. The van der Waals surface area contributed by atoms with Crippen LogP contribution < -0.4 is 5.69 Å². The molecule has 0 aromatic carbocycles. The van der Waals surface area contributed by atoms with Gasteiger partial charge in [0.25, 0.3) is 0 Å². The number of furan rings is 1. The van der Waals surface area contributed by atoms with Crippen molar-refractivity contribution in [2.24, 2.45) is 0 Å². The lowest BCUT2D eigenvalue weighted by atomic mass is 10.1. The molecule has 8 heteroatoms. The minimum absolute atomic E-state index is 0.146. The first kappa shape index (κ1) is 17.6. The third-order valence-corrected chi connectivity index (χ3v) is 4.09. The molecular formula is C17H20N2O6. The van der Waals surface area contributed by atoms with Crippen molar-refractivity contribution in [2.75, 3.05) is 6.61 Å². The predicted octanol–water partition coefficient (Wildman–Crippen LogP) is 0.143. The van der Waals surface area contributed by atoms with Crippen LogP contribution in [0.2, 0.25) is 0 Å². The number of nitrogens with zero attached hydrogens (tertiary/aromatic N) is 2. The first-order valence-corrected chi connectivity index (χ1v) is 8.19. The minimum Gasteiger partial charge on any atom is -0.429 e. The summed E-state index contributed by atoms with van der Waals surface area (Å²) < 4.78 is 11.9. The summed E-state index contributed by atoms with van der Waals surface area (Å²) in [6.07, 6.45) is -0.488. The SMILES string of the molecule is CCCCC#Cc1cc2cn([C@@H]3O[C@H](CO)[C@@H](O)[C@@H]3O)c(=O)nc2o1. The zero-order chi connectivity index (χ0) is 18.0. The number of aliphatic hydroxyl groups is 3. The standard InChI is InChI=1S/C17H20N2O6/c1-2-3-4-5-6-11-7-10-8-19(17(23)18-15(10)24-11)16-14(22)13(21)12(9-20)25-16/h7-8,12-14,16,20-22H,2-4,9H2,1H3/t12-,13-,14+,16-/m1/s1. The highest BCUT2D eigenvalue weighted by molar-refractivity contribution is 5.73. The lowest BCUT2D eigenvalue weighted by Gasteiger charge is -2.16. The highest BCUT2D eigenvalue weighted by atomic mass is 16.6. The Balaban J connectivity index is 1.91. The lowest BCUT2D eigenvalue weighted by Crippen LogP contribution is -2.35. The lowest BCUT2D eigenvalue weighted by molar-refractivity contribution is -0.0547. The van der Waals surface area contributed by atoms with Crippen LogP contribution >= 0.6 is 0 Å². The van der Waals surface area contributed by atoms with Gasteiger partial charge < -0.3 is 24.5 Å². The Morgan fingerprint density at radius 3 is 2.84 bits per heavy atom. The second-order valence-corrected chi connectivity index (χ2v) is 5.94. The summed E-state index contributed by atoms with van der Waals surface area (Å²) in [5, 5.41) is 29.6. The average molecular weight is 348 g/mol. The summed E-state index contributed by atoms with van der Waals surface area (Å²) in [5.74, 6) is 6.28. The van der Waals surface area contributed by atoms with E-state index in [2.05, 4.69) is 23.7 Å². The molecule has 0 aliphatic carbocycles. The summed E-state index contributed by atoms with van der Waals surface area (Å²) in [6, 6.07) is 1.65. The molecule has 25 heavy (non-hydrogen) atoms. The number of hydrogen-bond donors (Lipinski definition) is 3. The predicted molar refractivity (Wildman–Crippen MR) is 87.7 cm³/mol. The van der Waals surface area contributed by atoms with Gasteiger partial charge in [-0.15, -0.1) is 0 Å². The van der Waals surface area contributed by atoms with Gasteiger partial charge in [0.2, 0.25) is 5.71 Å². The van der Waals surface area contributed by atoms with Gasteiger partial charge in [0.15, 0.2) is 12.0 Å². The molecule has 1 fully saturated rings. The van der Waals surface area contributed by atoms with Crippen LogP contribution in [0.3, 0.4) is 0 Å². The molecule has 4 atom stereocenters. The molecule has 0 amide bonds. The van der Waals surface area contributed by atoms with Crippen molar-refractivity contribution in [1.82, 2.24) is 9.55 Å². The Kier molecular flexibility index (Phi) is 5.20. The maximum absolute atomic E-state index is 12.2. The fourth-order valence-corrected chi connectivity index (χ4v) is 2.69. The maximum atomic E-state index is 12.2. The van der Waals surface area contributed by atoms with E-state index in [1.807, 2.05) is 0 Å². The molecule has 0 bridgehead atoms. The van der Waals surface area contributed by atoms with Crippen LogP contribution in [0, 0.1) is 11.8 Å². The van der Waals surface area contributed by atoms with Crippen molar-refractivity contribution in [3.63, 3.8) is 0 Å². The van der Waals surface area contributed by atoms with Crippen molar-refractivity contribution >= 4 is 11.1 Å². The Hall–Kier alpha value is -2.18. The smallest absolute Gasteiger partial charge is 0.353 e. The van der Waals surface area contributed by atoms with Crippen molar-refractivity contribution in [3.05, 3.63) is 28.5 Å². The summed E-state index contributed by atoms with van der Waals surface area (Å²) in [7, 11) is 0. The maximum Gasteiger partial charge on any atom is 0.353 e. The van der Waals surface area contributed by atoms with Gasteiger partial charge in [0, 0.05) is 18.7 Å². The number of unbranched alkanes of at least 4 members (excludes halogenated alkanes) is 2. The van der Waals surface area contributed by atoms with E-state index in [0.717, 1.165) is 23.8 Å². The summed E-state index contributed by atoms with van der Waals surface area (Å²) in [5.41, 5.74) is -0.546. The van der Waals surface area contributed by atoms with E-state index in [0.29, 0.717) is 11.1 Å². The number of fused-ring (bicyclic) bond motifs is 1. The van der Waals surface area contributed by atoms with Gasteiger partial charge in [-0.05, 0) is 12.3 Å². The average Bonchev–Trinajstić information content (AvgIpc) is 3.12. The van der Waals surface area contributed by atoms with E-state index >= 15 is 0 Å². The quantitative estimate of drug-likeness (QED) is 0.531. The Morgan fingerprint density at radius 1 is 1.36 bits per heavy atom. The van der Waals surface area contributed by atoms with Gasteiger partial charge >= 0.3 is 5.69 Å².